The Hall–Kier alpha value is -0.590. The topological polar surface area (TPSA) is 12.4 Å². The van der Waals surface area contributed by atoms with Crippen molar-refractivity contribution in [1.29, 1.82) is 0 Å². The molecule has 1 fully saturated rings. The average Bonchev–Trinajstić information content (AvgIpc) is 2.44. The number of nitrogens with zero attached hydrogens (tertiary/aromatic N) is 1. The Morgan fingerprint density at radius 1 is 1.33 bits per heavy atom. The average molecular weight is 163 g/mol. The summed E-state index contributed by atoms with van der Waals surface area (Å²) in [6.45, 7) is 6.80. The first-order chi connectivity index (χ1) is 5.70. The van der Waals surface area contributed by atoms with Crippen molar-refractivity contribution in [3.63, 3.8) is 0 Å². The quantitative estimate of drug-likeness (QED) is 0.563. The molecule has 0 saturated heterocycles. The third-order valence-corrected chi connectivity index (χ3v) is 2.96. The van der Waals surface area contributed by atoms with Gasteiger partial charge >= 0.3 is 0 Å². The lowest BCUT2D eigenvalue weighted by Crippen LogP contribution is -2.06. The lowest BCUT2D eigenvalue weighted by molar-refractivity contribution is 0.674. The molecule has 2 rings (SSSR count). The third kappa shape index (κ3) is 1.03. The van der Waals surface area contributed by atoms with Crippen LogP contribution in [-0.4, -0.2) is 11.8 Å². The van der Waals surface area contributed by atoms with Crippen LogP contribution in [0.1, 0.15) is 40.0 Å². The van der Waals surface area contributed by atoms with Gasteiger partial charge in [0.15, 0.2) is 0 Å². The van der Waals surface area contributed by atoms with Crippen molar-refractivity contribution >= 4 is 5.71 Å². The van der Waals surface area contributed by atoms with Gasteiger partial charge in [-0.1, -0.05) is 13.8 Å². The molecule has 0 N–H and O–H groups in total. The normalized spacial score (nSPS) is 28.3. The molecule has 1 unspecified atom stereocenters. The van der Waals surface area contributed by atoms with Crippen molar-refractivity contribution in [3.8, 4) is 0 Å². The molecule has 0 bridgehead atoms. The SMILES string of the molecule is CC(C)C1=C2CCCC2=NC1C. The Balaban J connectivity index is 2.37. The lowest BCUT2D eigenvalue weighted by atomic mass is 9.93. The highest BCUT2D eigenvalue weighted by Crippen LogP contribution is 2.36. The van der Waals surface area contributed by atoms with Crippen molar-refractivity contribution in [2.75, 3.05) is 0 Å². The van der Waals surface area contributed by atoms with E-state index in [2.05, 4.69) is 20.8 Å². The minimum absolute atomic E-state index is 0.482. The van der Waals surface area contributed by atoms with Gasteiger partial charge in [0.1, 0.15) is 0 Å². The van der Waals surface area contributed by atoms with Crippen LogP contribution in [0.4, 0.5) is 0 Å². The van der Waals surface area contributed by atoms with Gasteiger partial charge in [0.25, 0.3) is 0 Å². The molecule has 0 aromatic heterocycles. The van der Waals surface area contributed by atoms with Crippen LogP contribution in [0.25, 0.3) is 0 Å². The summed E-state index contributed by atoms with van der Waals surface area (Å²) < 4.78 is 0. The van der Waals surface area contributed by atoms with Crippen molar-refractivity contribution in [2.45, 2.75) is 46.1 Å². The number of hydrogen-bond donors (Lipinski definition) is 0. The number of allylic oxidation sites excluding steroid dienone is 1. The van der Waals surface area contributed by atoms with Gasteiger partial charge in [-0.25, -0.2) is 0 Å². The summed E-state index contributed by atoms with van der Waals surface area (Å²) in [5, 5.41) is 0. The van der Waals surface area contributed by atoms with E-state index in [1.807, 2.05) is 0 Å². The van der Waals surface area contributed by atoms with Crippen LogP contribution in [0.3, 0.4) is 0 Å². The van der Waals surface area contributed by atoms with E-state index >= 15 is 0 Å². The van der Waals surface area contributed by atoms with E-state index in [1.165, 1.54) is 25.0 Å². The van der Waals surface area contributed by atoms with E-state index in [4.69, 9.17) is 4.99 Å². The summed E-state index contributed by atoms with van der Waals surface area (Å²) in [6, 6.07) is 0.482. The highest BCUT2D eigenvalue weighted by Gasteiger charge is 2.29. The Morgan fingerprint density at radius 3 is 2.75 bits per heavy atom. The molecule has 1 atom stereocenters. The number of hydrogen-bond acceptors (Lipinski definition) is 1. The summed E-state index contributed by atoms with van der Waals surface area (Å²) in [5.41, 5.74) is 4.64. The maximum absolute atomic E-state index is 4.70. The molecule has 2 aliphatic rings. The molecule has 1 aliphatic carbocycles. The Morgan fingerprint density at radius 2 is 2.08 bits per heavy atom. The summed E-state index contributed by atoms with van der Waals surface area (Å²) in [5.74, 6) is 0.689. The first-order valence-corrected chi connectivity index (χ1v) is 5.00. The monoisotopic (exact) mass is 163 g/mol. The summed E-state index contributed by atoms with van der Waals surface area (Å²) in [7, 11) is 0. The van der Waals surface area contributed by atoms with Gasteiger partial charge < -0.3 is 0 Å². The highest BCUT2D eigenvalue weighted by molar-refractivity contribution is 6.04. The van der Waals surface area contributed by atoms with Crippen LogP contribution in [0, 0.1) is 5.92 Å². The summed E-state index contributed by atoms with van der Waals surface area (Å²) in [6.07, 6.45) is 3.85. The molecule has 0 radical (unpaired) electrons. The molecule has 1 aliphatic heterocycles. The van der Waals surface area contributed by atoms with E-state index in [9.17, 15) is 0 Å². The van der Waals surface area contributed by atoms with Crippen LogP contribution >= 0.6 is 0 Å². The summed E-state index contributed by atoms with van der Waals surface area (Å²) >= 11 is 0. The minimum atomic E-state index is 0.482. The largest absolute Gasteiger partial charge is 0.282 e. The predicted octanol–water partition coefficient (Wildman–Crippen LogP) is 2.97. The smallest absolute Gasteiger partial charge is 0.0693 e. The zero-order chi connectivity index (χ0) is 8.72. The van der Waals surface area contributed by atoms with Crippen LogP contribution in [0.2, 0.25) is 0 Å². The fourth-order valence-electron chi connectivity index (χ4n) is 2.57. The van der Waals surface area contributed by atoms with E-state index in [-0.39, 0.29) is 0 Å². The molecule has 1 heterocycles. The third-order valence-electron chi connectivity index (χ3n) is 2.96. The van der Waals surface area contributed by atoms with E-state index in [0.717, 1.165) is 0 Å². The van der Waals surface area contributed by atoms with Crippen LogP contribution < -0.4 is 0 Å². The van der Waals surface area contributed by atoms with Crippen molar-refractivity contribution < 1.29 is 0 Å². The van der Waals surface area contributed by atoms with Gasteiger partial charge in [-0.05, 0) is 43.3 Å². The molecule has 12 heavy (non-hydrogen) atoms. The van der Waals surface area contributed by atoms with Gasteiger partial charge in [0.2, 0.25) is 0 Å². The maximum Gasteiger partial charge on any atom is 0.0693 e. The molecule has 0 aromatic carbocycles. The molecule has 66 valence electrons. The maximum atomic E-state index is 4.70. The second-order valence-electron chi connectivity index (χ2n) is 4.19. The van der Waals surface area contributed by atoms with Crippen molar-refractivity contribution in [3.05, 3.63) is 11.1 Å². The lowest BCUT2D eigenvalue weighted by Gasteiger charge is -2.13. The first-order valence-electron chi connectivity index (χ1n) is 5.00. The first kappa shape index (κ1) is 8.03. The van der Waals surface area contributed by atoms with Crippen molar-refractivity contribution in [2.24, 2.45) is 10.9 Å². The fraction of sp³-hybridized carbons (Fsp3) is 0.727. The second-order valence-corrected chi connectivity index (χ2v) is 4.19. The van der Waals surface area contributed by atoms with Crippen molar-refractivity contribution in [1.82, 2.24) is 0 Å². The van der Waals surface area contributed by atoms with Gasteiger partial charge in [0.05, 0.1) is 6.04 Å². The fourth-order valence-corrected chi connectivity index (χ4v) is 2.57. The molecule has 0 spiro atoms. The highest BCUT2D eigenvalue weighted by atomic mass is 14.8. The minimum Gasteiger partial charge on any atom is -0.282 e. The molecular formula is C11H17N. The molecule has 0 aromatic rings. The van der Waals surface area contributed by atoms with Gasteiger partial charge in [0, 0.05) is 5.71 Å². The Bertz CT molecular complexity index is 258. The van der Waals surface area contributed by atoms with Gasteiger partial charge in [-0.3, -0.25) is 4.99 Å². The standard InChI is InChI=1S/C11H17N/c1-7(2)11-8(3)12-10-6-4-5-9(10)11/h7-8H,4-6H2,1-3H3. The van der Waals surface area contributed by atoms with E-state index in [0.29, 0.717) is 12.0 Å². The van der Waals surface area contributed by atoms with Crippen LogP contribution in [0.5, 0.6) is 0 Å². The second kappa shape index (κ2) is 2.72. The zero-order valence-corrected chi connectivity index (χ0v) is 8.22. The van der Waals surface area contributed by atoms with Crippen LogP contribution in [-0.2, 0) is 0 Å². The van der Waals surface area contributed by atoms with Crippen LogP contribution in [0.15, 0.2) is 16.1 Å². The van der Waals surface area contributed by atoms with Gasteiger partial charge in [-0.2, -0.15) is 0 Å². The van der Waals surface area contributed by atoms with Gasteiger partial charge in [-0.15, -0.1) is 0 Å². The number of rotatable bonds is 1. The molecule has 0 amide bonds. The molecule has 1 heteroatoms. The Kier molecular flexibility index (Phi) is 1.82. The van der Waals surface area contributed by atoms with E-state index in [1.54, 1.807) is 11.1 Å². The number of aliphatic imine (C=N–C) groups is 1. The zero-order valence-electron chi connectivity index (χ0n) is 8.22. The predicted molar refractivity (Wildman–Crippen MR) is 52.6 cm³/mol. The summed E-state index contributed by atoms with van der Waals surface area (Å²) in [4.78, 5) is 4.70. The molecule has 1 saturated carbocycles. The molecule has 1 nitrogen and oxygen atoms in total. The number of fused-ring (bicyclic) bond motifs is 1. The Labute approximate surface area is 74.6 Å². The molecular weight excluding hydrogens is 146 g/mol. The van der Waals surface area contributed by atoms with E-state index < -0.39 is 0 Å².